The van der Waals surface area contributed by atoms with E-state index in [-0.39, 0.29) is 5.91 Å². The number of urea groups is 1. The van der Waals surface area contributed by atoms with Crippen LogP contribution in [0, 0.1) is 6.92 Å². The van der Waals surface area contributed by atoms with Gasteiger partial charge in [-0.1, -0.05) is 48.5 Å². The molecule has 136 valence electrons. The van der Waals surface area contributed by atoms with Gasteiger partial charge in [-0.25, -0.2) is 4.79 Å². The Balaban J connectivity index is 1.76. The lowest BCUT2D eigenvalue weighted by atomic mass is 10.0. The molecule has 1 aliphatic heterocycles. The van der Waals surface area contributed by atoms with Gasteiger partial charge in [0, 0.05) is 31.9 Å². The predicted molar refractivity (Wildman–Crippen MR) is 102 cm³/mol. The molecule has 3 N–H and O–H groups in total. The molecular weight excluding hydrogens is 328 g/mol. The number of piperazine rings is 1. The van der Waals surface area contributed by atoms with Gasteiger partial charge in [-0.05, 0) is 24.1 Å². The van der Waals surface area contributed by atoms with Gasteiger partial charge in [0.1, 0.15) is 6.04 Å². The SMILES string of the molecule is Cc1ccccc1N1CCN([C@H](C(=O)NC(N)=O)c2ccccc2)CC1. The van der Waals surface area contributed by atoms with Gasteiger partial charge in [-0.3, -0.25) is 15.0 Å². The van der Waals surface area contributed by atoms with E-state index in [1.807, 2.05) is 42.5 Å². The molecule has 3 amide bonds. The summed E-state index contributed by atoms with van der Waals surface area (Å²) < 4.78 is 0. The van der Waals surface area contributed by atoms with Crippen molar-refractivity contribution in [3.05, 3.63) is 65.7 Å². The van der Waals surface area contributed by atoms with Gasteiger partial charge in [-0.2, -0.15) is 0 Å². The van der Waals surface area contributed by atoms with Crippen molar-refractivity contribution >= 4 is 17.6 Å². The zero-order chi connectivity index (χ0) is 18.5. The molecule has 0 saturated carbocycles. The molecule has 1 saturated heterocycles. The average molecular weight is 352 g/mol. The summed E-state index contributed by atoms with van der Waals surface area (Å²) >= 11 is 0. The molecule has 0 aromatic heterocycles. The number of anilines is 1. The lowest BCUT2D eigenvalue weighted by Gasteiger charge is -2.40. The van der Waals surface area contributed by atoms with Gasteiger partial charge >= 0.3 is 6.03 Å². The first kappa shape index (κ1) is 17.9. The summed E-state index contributed by atoms with van der Waals surface area (Å²) in [6.07, 6.45) is 0. The summed E-state index contributed by atoms with van der Waals surface area (Å²) in [5.41, 5.74) is 8.48. The van der Waals surface area contributed by atoms with Crippen LogP contribution in [0.25, 0.3) is 0 Å². The van der Waals surface area contributed by atoms with Gasteiger partial charge in [0.15, 0.2) is 0 Å². The van der Waals surface area contributed by atoms with Crippen molar-refractivity contribution in [3.8, 4) is 0 Å². The maximum Gasteiger partial charge on any atom is 0.318 e. The molecule has 0 radical (unpaired) electrons. The largest absolute Gasteiger partial charge is 0.369 e. The predicted octanol–water partition coefficient (Wildman–Crippen LogP) is 2.05. The van der Waals surface area contributed by atoms with Crippen LogP contribution >= 0.6 is 0 Å². The summed E-state index contributed by atoms with van der Waals surface area (Å²) in [5.74, 6) is -0.381. The van der Waals surface area contributed by atoms with Gasteiger partial charge in [-0.15, -0.1) is 0 Å². The van der Waals surface area contributed by atoms with Crippen LogP contribution in [-0.4, -0.2) is 43.0 Å². The van der Waals surface area contributed by atoms with Gasteiger partial charge in [0.25, 0.3) is 0 Å². The highest BCUT2D eigenvalue weighted by molar-refractivity contribution is 5.96. The van der Waals surface area contributed by atoms with E-state index < -0.39 is 12.1 Å². The summed E-state index contributed by atoms with van der Waals surface area (Å²) in [6, 6.07) is 16.5. The quantitative estimate of drug-likeness (QED) is 0.883. The maximum absolute atomic E-state index is 12.6. The molecule has 0 spiro atoms. The van der Waals surface area contributed by atoms with Crippen molar-refractivity contribution in [1.29, 1.82) is 0 Å². The van der Waals surface area contributed by atoms with E-state index in [9.17, 15) is 9.59 Å². The monoisotopic (exact) mass is 352 g/mol. The number of benzene rings is 2. The second kappa shape index (κ2) is 8.01. The Labute approximate surface area is 153 Å². The lowest BCUT2D eigenvalue weighted by molar-refractivity contribution is -0.125. The topological polar surface area (TPSA) is 78.7 Å². The Hall–Kier alpha value is -2.86. The van der Waals surface area contributed by atoms with Crippen LogP contribution in [-0.2, 0) is 4.79 Å². The minimum Gasteiger partial charge on any atom is -0.369 e. The number of carbonyl (C=O) groups excluding carboxylic acids is 2. The number of para-hydroxylation sites is 1. The van der Waals surface area contributed by atoms with E-state index >= 15 is 0 Å². The number of amides is 3. The normalized spacial score (nSPS) is 16.1. The van der Waals surface area contributed by atoms with E-state index in [1.54, 1.807) is 0 Å². The highest BCUT2D eigenvalue weighted by atomic mass is 16.2. The van der Waals surface area contributed by atoms with Crippen molar-refractivity contribution in [2.45, 2.75) is 13.0 Å². The third-order valence-electron chi connectivity index (χ3n) is 4.75. The molecule has 3 rings (SSSR count). The highest BCUT2D eigenvalue weighted by Gasteiger charge is 2.31. The Morgan fingerprint density at radius 3 is 2.19 bits per heavy atom. The number of nitrogens with zero attached hydrogens (tertiary/aromatic N) is 2. The summed E-state index contributed by atoms with van der Waals surface area (Å²) in [4.78, 5) is 28.2. The molecule has 0 aliphatic carbocycles. The second-order valence-electron chi connectivity index (χ2n) is 6.48. The van der Waals surface area contributed by atoms with E-state index in [0.29, 0.717) is 0 Å². The molecule has 2 aromatic carbocycles. The molecule has 26 heavy (non-hydrogen) atoms. The Morgan fingerprint density at radius 1 is 0.962 bits per heavy atom. The molecule has 1 fully saturated rings. The molecule has 0 bridgehead atoms. The standard InChI is InChI=1S/C20H24N4O2/c1-15-7-5-6-10-17(15)23-11-13-24(14-12-23)18(19(25)22-20(21)26)16-8-3-2-4-9-16/h2-10,18H,11-14H2,1H3,(H3,21,22,25,26)/t18-/m0/s1. The van der Waals surface area contributed by atoms with Crippen molar-refractivity contribution in [3.63, 3.8) is 0 Å². The average Bonchev–Trinajstić information content (AvgIpc) is 2.63. The minimum absolute atomic E-state index is 0.381. The van der Waals surface area contributed by atoms with Crippen LogP contribution in [0.1, 0.15) is 17.2 Å². The van der Waals surface area contributed by atoms with Crippen LogP contribution in [0.2, 0.25) is 0 Å². The van der Waals surface area contributed by atoms with Gasteiger partial charge in [0.2, 0.25) is 5.91 Å². The van der Waals surface area contributed by atoms with E-state index in [4.69, 9.17) is 5.73 Å². The van der Waals surface area contributed by atoms with Crippen molar-refractivity contribution < 1.29 is 9.59 Å². The van der Waals surface area contributed by atoms with Crippen LogP contribution in [0.5, 0.6) is 0 Å². The third-order valence-corrected chi connectivity index (χ3v) is 4.75. The highest BCUT2D eigenvalue weighted by Crippen LogP contribution is 2.26. The minimum atomic E-state index is -0.825. The zero-order valence-corrected chi connectivity index (χ0v) is 14.9. The molecule has 1 atom stereocenters. The summed E-state index contributed by atoms with van der Waals surface area (Å²) in [5, 5.41) is 2.24. The van der Waals surface area contributed by atoms with Crippen LogP contribution in [0.15, 0.2) is 54.6 Å². The number of nitrogens with one attached hydrogen (secondary N) is 1. The molecule has 6 nitrogen and oxygen atoms in total. The van der Waals surface area contributed by atoms with Crippen molar-refractivity contribution in [2.75, 3.05) is 31.1 Å². The number of hydrogen-bond donors (Lipinski definition) is 2. The Kier molecular flexibility index (Phi) is 5.53. The number of imide groups is 1. The molecule has 1 heterocycles. The fourth-order valence-corrected chi connectivity index (χ4v) is 3.49. The van der Waals surface area contributed by atoms with Crippen molar-refractivity contribution in [1.82, 2.24) is 10.2 Å². The first-order chi connectivity index (χ1) is 12.6. The van der Waals surface area contributed by atoms with E-state index in [1.165, 1.54) is 11.3 Å². The number of hydrogen-bond acceptors (Lipinski definition) is 4. The number of nitrogens with two attached hydrogens (primary N) is 1. The van der Waals surface area contributed by atoms with Crippen LogP contribution in [0.4, 0.5) is 10.5 Å². The summed E-state index contributed by atoms with van der Waals surface area (Å²) in [6.45, 7) is 5.19. The van der Waals surface area contributed by atoms with Crippen molar-refractivity contribution in [2.24, 2.45) is 5.73 Å². The zero-order valence-electron chi connectivity index (χ0n) is 14.9. The van der Waals surface area contributed by atoms with Gasteiger partial charge < -0.3 is 10.6 Å². The molecule has 2 aromatic rings. The Bertz CT molecular complexity index is 770. The first-order valence-electron chi connectivity index (χ1n) is 8.76. The number of carbonyl (C=O) groups is 2. The fraction of sp³-hybridized carbons (Fsp3) is 0.300. The third kappa shape index (κ3) is 4.03. The number of rotatable bonds is 4. The van der Waals surface area contributed by atoms with Crippen LogP contribution < -0.4 is 16.0 Å². The number of primary amides is 1. The van der Waals surface area contributed by atoms with Gasteiger partial charge in [0.05, 0.1) is 0 Å². The molecule has 1 aliphatic rings. The molecule has 6 heteroatoms. The van der Waals surface area contributed by atoms with E-state index in [2.05, 4.69) is 34.2 Å². The van der Waals surface area contributed by atoms with Crippen LogP contribution in [0.3, 0.4) is 0 Å². The Morgan fingerprint density at radius 2 is 1.58 bits per heavy atom. The molecular formula is C20H24N4O2. The fourth-order valence-electron chi connectivity index (χ4n) is 3.49. The first-order valence-corrected chi connectivity index (χ1v) is 8.76. The summed E-state index contributed by atoms with van der Waals surface area (Å²) in [7, 11) is 0. The second-order valence-corrected chi connectivity index (χ2v) is 6.48. The number of aryl methyl sites for hydroxylation is 1. The lowest BCUT2D eigenvalue weighted by Crippen LogP contribution is -2.52. The smallest absolute Gasteiger partial charge is 0.318 e. The van der Waals surface area contributed by atoms with E-state index in [0.717, 1.165) is 31.7 Å². The maximum atomic E-state index is 12.6. The molecule has 0 unspecified atom stereocenters.